The Morgan fingerprint density at radius 1 is 1.43 bits per heavy atom. The van der Waals surface area contributed by atoms with Crippen LogP contribution in [0.15, 0.2) is 24.4 Å². The zero-order chi connectivity index (χ0) is 10.6. The molecule has 1 aromatic rings. The van der Waals surface area contributed by atoms with E-state index in [0.717, 1.165) is 12.1 Å². The third-order valence-corrected chi connectivity index (χ3v) is 2.47. The van der Waals surface area contributed by atoms with Crippen molar-refractivity contribution in [3.63, 3.8) is 0 Å². The molecular formula is C12H19NO. The number of hydrogen-bond donors (Lipinski definition) is 1. The molecular weight excluding hydrogens is 174 g/mol. The van der Waals surface area contributed by atoms with Crippen molar-refractivity contribution in [2.24, 2.45) is 5.92 Å². The van der Waals surface area contributed by atoms with E-state index in [1.807, 2.05) is 25.1 Å². The van der Waals surface area contributed by atoms with Crippen LogP contribution in [-0.2, 0) is 5.60 Å². The highest BCUT2D eigenvalue weighted by Gasteiger charge is 2.29. The Bertz CT molecular complexity index is 271. The second-order valence-electron chi connectivity index (χ2n) is 4.20. The molecule has 0 aliphatic rings. The van der Waals surface area contributed by atoms with Crippen LogP contribution in [0.2, 0.25) is 0 Å². The van der Waals surface area contributed by atoms with E-state index >= 15 is 0 Å². The van der Waals surface area contributed by atoms with Crippen molar-refractivity contribution >= 4 is 0 Å². The normalized spacial score (nSPS) is 15.5. The van der Waals surface area contributed by atoms with E-state index in [1.54, 1.807) is 6.20 Å². The average Bonchev–Trinajstić information content (AvgIpc) is 2.18. The number of aliphatic hydroxyl groups is 1. The van der Waals surface area contributed by atoms with Gasteiger partial charge in [-0.25, -0.2) is 0 Å². The molecule has 78 valence electrons. The topological polar surface area (TPSA) is 33.1 Å². The Labute approximate surface area is 86.0 Å². The lowest BCUT2D eigenvalue weighted by Gasteiger charge is -2.27. The summed E-state index contributed by atoms with van der Waals surface area (Å²) in [4.78, 5) is 4.22. The van der Waals surface area contributed by atoms with E-state index in [1.165, 1.54) is 0 Å². The number of nitrogens with zero attached hydrogens (tertiary/aromatic N) is 1. The van der Waals surface area contributed by atoms with Crippen LogP contribution in [0.4, 0.5) is 0 Å². The van der Waals surface area contributed by atoms with Gasteiger partial charge in [0, 0.05) is 6.20 Å². The molecule has 1 unspecified atom stereocenters. The highest BCUT2D eigenvalue weighted by Crippen LogP contribution is 2.30. The Morgan fingerprint density at radius 2 is 2.14 bits per heavy atom. The molecule has 1 N–H and O–H groups in total. The second-order valence-corrected chi connectivity index (χ2v) is 4.20. The largest absolute Gasteiger partial charge is 0.384 e. The summed E-state index contributed by atoms with van der Waals surface area (Å²) < 4.78 is 0. The third kappa shape index (κ3) is 2.55. The van der Waals surface area contributed by atoms with Gasteiger partial charge in [-0.15, -0.1) is 0 Å². The summed E-state index contributed by atoms with van der Waals surface area (Å²) in [6.07, 6.45) is 3.21. The van der Waals surface area contributed by atoms with E-state index in [2.05, 4.69) is 18.8 Å². The molecule has 0 saturated carbocycles. The van der Waals surface area contributed by atoms with Gasteiger partial charge in [-0.3, -0.25) is 4.98 Å². The van der Waals surface area contributed by atoms with Crippen LogP contribution in [0.5, 0.6) is 0 Å². The molecule has 0 bridgehead atoms. The number of aromatic nitrogens is 1. The molecule has 0 spiro atoms. The fourth-order valence-electron chi connectivity index (χ4n) is 1.74. The molecule has 0 radical (unpaired) electrons. The summed E-state index contributed by atoms with van der Waals surface area (Å²) in [6.45, 7) is 6.23. The highest BCUT2D eigenvalue weighted by atomic mass is 16.3. The SMILES string of the molecule is CCC(O)(CC(C)C)c1ccccn1. The second kappa shape index (κ2) is 4.56. The van der Waals surface area contributed by atoms with Crippen LogP contribution >= 0.6 is 0 Å². The van der Waals surface area contributed by atoms with Gasteiger partial charge in [-0.2, -0.15) is 0 Å². The molecule has 2 nitrogen and oxygen atoms in total. The maximum atomic E-state index is 10.4. The quantitative estimate of drug-likeness (QED) is 0.797. The Morgan fingerprint density at radius 3 is 2.57 bits per heavy atom. The van der Waals surface area contributed by atoms with Crippen LogP contribution in [0, 0.1) is 5.92 Å². The first-order valence-electron chi connectivity index (χ1n) is 5.22. The fourth-order valence-corrected chi connectivity index (χ4v) is 1.74. The van der Waals surface area contributed by atoms with Crippen molar-refractivity contribution in [2.45, 2.75) is 39.2 Å². The minimum absolute atomic E-state index is 0.474. The molecule has 0 saturated heterocycles. The Balaban J connectivity index is 2.90. The van der Waals surface area contributed by atoms with Gasteiger partial charge >= 0.3 is 0 Å². The fraction of sp³-hybridized carbons (Fsp3) is 0.583. The van der Waals surface area contributed by atoms with Gasteiger partial charge in [-0.1, -0.05) is 26.8 Å². The zero-order valence-electron chi connectivity index (χ0n) is 9.20. The van der Waals surface area contributed by atoms with E-state index in [9.17, 15) is 5.11 Å². The van der Waals surface area contributed by atoms with Gasteiger partial charge in [-0.05, 0) is 30.9 Å². The average molecular weight is 193 g/mol. The summed E-state index contributed by atoms with van der Waals surface area (Å²) in [7, 11) is 0. The van der Waals surface area contributed by atoms with E-state index in [4.69, 9.17) is 0 Å². The van der Waals surface area contributed by atoms with Crippen LogP contribution in [0.3, 0.4) is 0 Å². The summed E-state index contributed by atoms with van der Waals surface area (Å²) in [5, 5.41) is 10.4. The first-order valence-corrected chi connectivity index (χ1v) is 5.22. The summed E-state index contributed by atoms with van der Waals surface area (Å²) in [5.74, 6) is 0.474. The van der Waals surface area contributed by atoms with Gasteiger partial charge in [0.15, 0.2) is 0 Å². The number of hydrogen-bond acceptors (Lipinski definition) is 2. The molecule has 0 aliphatic heterocycles. The molecule has 0 fully saturated rings. The van der Waals surface area contributed by atoms with Gasteiger partial charge < -0.3 is 5.11 Å². The predicted octanol–water partition coefficient (Wildman–Crippen LogP) is 2.73. The monoisotopic (exact) mass is 193 g/mol. The summed E-state index contributed by atoms with van der Waals surface area (Å²) in [5.41, 5.74) is 0.0336. The molecule has 1 aromatic heterocycles. The van der Waals surface area contributed by atoms with Crippen molar-refractivity contribution in [1.29, 1.82) is 0 Å². The van der Waals surface area contributed by atoms with E-state index < -0.39 is 5.60 Å². The Hall–Kier alpha value is -0.890. The predicted molar refractivity (Wildman–Crippen MR) is 57.9 cm³/mol. The minimum Gasteiger partial charge on any atom is -0.384 e. The van der Waals surface area contributed by atoms with E-state index in [-0.39, 0.29) is 0 Å². The van der Waals surface area contributed by atoms with Crippen molar-refractivity contribution in [3.05, 3.63) is 30.1 Å². The lowest BCUT2D eigenvalue weighted by Crippen LogP contribution is -2.27. The Kier molecular flexibility index (Phi) is 3.64. The molecule has 0 aromatic carbocycles. The zero-order valence-corrected chi connectivity index (χ0v) is 9.20. The van der Waals surface area contributed by atoms with Crippen LogP contribution in [-0.4, -0.2) is 10.1 Å². The standard InChI is InChI=1S/C12H19NO/c1-4-12(14,9-10(2)3)11-7-5-6-8-13-11/h5-8,10,14H,4,9H2,1-3H3. The molecule has 1 rings (SSSR count). The molecule has 0 amide bonds. The molecule has 0 aliphatic carbocycles. The maximum absolute atomic E-state index is 10.4. The van der Waals surface area contributed by atoms with Crippen molar-refractivity contribution in [3.8, 4) is 0 Å². The van der Waals surface area contributed by atoms with Gasteiger partial charge in [0.05, 0.1) is 5.69 Å². The molecule has 1 atom stereocenters. The first-order chi connectivity index (χ1) is 6.58. The summed E-state index contributed by atoms with van der Waals surface area (Å²) in [6, 6.07) is 5.68. The molecule has 2 heteroatoms. The van der Waals surface area contributed by atoms with Gasteiger partial charge in [0.2, 0.25) is 0 Å². The molecule has 14 heavy (non-hydrogen) atoms. The van der Waals surface area contributed by atoms with Gasteiger partial charge in [0.25, 0.3) is 0 Å². The third-order valence-electron chi connectivity index (χ3n) is 2.47. The minimum atomic E-state index is -0.755. The number of rotatable bonds is 4. The van der Waals surface area contributed by atoms with Crippen LogP contribution < -0.4 is 0 Å². The van der Waals surface area contributed by atoms with Crippen LogP contribution in [0.25, 0.3) is 0 Å². The lowest BCUT2D eigenvalue weighted by molar-refractivity contribution is 0.00719. The summed E-state index contributed by atoms with van der Waals surface area (Å²) >= 11 is 0. The van der Waals surface area contributed by atoms with Crippen molar-refractivity contribution in [1.82, 2.24) is 4.98 Å². The molecule has 1 heterocycles. The number of pyridine rings is 1. The smallest absolute Gasteiger partial charge is 0.106 e. The van der Waals surface area contributed by atoms with Gasteiger partial charge in [0.1, 0.15) is 5.60 Å². The highest BCUT2D eigenvalue weighted by molar-refractivity contribution is 5.12. The lowest BCUT2D eigenvalue weighted by atomic mass is 9.87. The van der Waals surface area contributed by atoms with E-state index in [0.29, 0.717) is 12.3 Å². The first kappa shape index (κ1) is 11.2. The van der Waals surface area contributed by atoms with Crippen molar-refractivity contribution in [2.75, 3.05) is 0 Å². The van der Waals surface area contributed by atoms with Crippen LogP contribution in [0.1, 0.15) is 39.3 Å². The van der Waals surface area contributed by atoms with Crippen molar-refractivity contribution < 1.29 is 5.11 Å². The maximum Gasteiger partial charge on any atom is 0.106 e.